The molecule has 0 bridgehead atoms. The molecule has 2 aromatic heterocycles. The topological polar surface area (TPSA) is 51.8 Å². The summed E-state index contributed by atoms with van der Waals surface area (Å²) in [4.78, 5) is 8.34. The van der Waals surface area contributed by atoms with Crippen molar-refractivity contribution in [2.45, 2.75) is 6.92 Å². The van der Waals surface area contributed by atoms with Crippen molar-refractivity contribution in [3.05, 3.63) is 42.4 Å². The van der Waals surface area contributed by atoms with E-state index in [1.54, 1.807) is 12.4 Å². The van der Waals surface area contributed by atoms with Crippen LogP contribution in [0.25, 0.3) is 11.3 Å². The zero-order valence-electron chi connectivity index (χ0n) is 7.94. The Balaban J connectivity index is 2.57. The van der Waals surface area contributed by atoms with Crippen LogP contribution in [-0.4, -0.2) is 9.97 Å². The van der Waals surface area contributed by atoms with E-state index < -0.39 is 0 Å². The van der Waals surface area contributed by atoms with Crippen molar-refractivity contribution in [3.8, 4) is 11.3 Å². The van der Waals surface area contributed by atoms with E-state index in [1.165, 1.54) is 0 Å². The van der Waals surface area contributed by atoms with Gasteiger partial charge in [-0.3, -0.25) is 9.97 Å². The number of pyridine rings is 2. The van der Waals surface area contributed by atoms with Crippen molar-refractivity contribution in [2.24, 2.45) is 0 Å². The van der Waals surface area contributed by atoms with Gasteiger partial charge in [-0.05, 0) is 31.2 Å². The summed E-state index contributed by atoms with van der Waals surface area (Å²) in [5.41, 5.74) is 9.33. The molecule has 0 spiro atoms. The van der Waals surface area contributed by atoms with E-state index in [1.807, 2.05) is 31.2 Å². The average Bonchev–Trinajstić information content (AvgIpc) is 2.23. The first-order chi connectivity index (χ1) is 6.77. The van der Waals surface area contributed by atoms with Gasteiger partial charge in [-0.25, -0.2) is 0 Å². The summed E-state index contributed by atoms with van der Waals surface area (Å²) in [6.45, 7) is 1.95. The van der Waals surface area contributed by atoms with E-state index in [0.29, 0.717) is 5.69 Å². The van der Waals surface area contributed by atoms with Crippen LogP contribution in [0.2, 0.25) is 0 Å². The Kier molecular flexibility index (Phi) is 2.14. The summed E-state index contributed by atoms with van der Waals surface area (Å²) in [6, 6.07) is 7.58. The Morgan fingerprint density at radius 1 is 1.07 bits per heavy atom. The van der Waals surface area contributed by atoms with Gasteiger partial charge in [0.05, 0.1) is 11.4 Å². The van der Waals surface area contributed by atoms with Gasteiger partial charge in [0.1, 0.15) is 0 Å². The number of nitrogens with two attached hydrogens (primary N) is 1. The van der Waals surface area contributed by atoms with Crippen LogP contribution in [0.1, 0.15) is 5.69 Å². The maximum atomic E-state index is 5.84. The average molecular weight is 185 g/mol. The Hall–Kier alpha value is -1.90. The van der Waals surface area contributed by atoms with Crippen LogP contribution in [0, 0.1) is 6.92 Å². The van der Waals surface area contributed by atoms with Crippen LogP contribution in [-0.2, 0) is 0 Å². The second-order valence-corrected chi connectivity index (χ2v) is 3.13. The molecule has 0 unspecified atom stereocenters. The molecule has 14 heavy (non-hydrogen) atoms. The lowest BCUT2D eigenvalue weighted by Crippen LogP contribution is -1.94. The third-order valence-electron chi connectivity index (χ3n) is 2.02. The molecule has 0 aliphatic heterocycles. The number of hydrogen-bond acceptors (Lipinski definition) is 3. The largest absolute Gasteiger partial charge is 0.397 e. The minimum atomic E-state index is 0.696. The van der Waals surface area contributed by atoms with Gasteiger partial charge < -0.3 is 5.73 Å². The quantitative estimate of drug-likeness (QED) is 0.739. The van der Waals surface area contributed by atoms with Gasteiger partial charge >= 0.3 is 0 Å². The number of anilines is 1. The van der Waals surface area contributed by atoms with Crippen LogP contribution in [0.5, 0.6) is 0 Å². The second kappa shape index (κ2) is 3.46. The number of aromatic nitrogens is 2. The Morgan fingerprint density at radius 2 is 1.79 bits per heavy atom. The van der Waals surface area contributed by atoms with E-state index in [0.717, 1.165) is 17.0 Å². The van der Waals surface area contributed by atoms with E-state index in [-0.39, 0.29) is 0 Å². The molecule has 0 aromatic carbocycles. The van der Waals surface area contributed by atoms with E-state index in [4.69, 9.17) is 5.73 Å². The van der Waals surface area contributed by atoms with Gasteiger partial charge in [0.15, 0.2) is 0 Å². The first-order valence-corrected chi connectivity index (χ1v) is 4.41. The van der Waals surface area contributed by atoms with Crippen molar-refractivity contribution in [1.82, 2.24) is 9.97 Å². The molecule has 2 rings (SSSR count). The zero-order chi connectivity index (χ0) is 9.97. The highest BCUT2D eigenvalue weighted by Crippen LogP contribution is 2.22. The molecule has 3 heteroatoms. The van der Waals surface area contributed by atoms with Crippen molar-refractivity contribution >= 4 is 5.69 Å². The monoisotopic (exact) mass is 185 g/mol. The normalized spacial score (nSPS) is 10.1. The molecule has 3 nitrogen and oxygen atoms in total. The lowest BCUT2D eigenvalue weighted by Gasteiger charge is -2.04. The van der Waals surface area contributed by atoms with Gasteiger partial charge in [-0.1, -0.05) is 0 Å². The van der Waals surface area contributed by atoms with Crippen molar-refractivity contribution in [2.75, 3.05) is 5.73 Å². The molecule has 0 saturated carbocycles. The summed E-state index contributed by atoms with van der Waals surface area (Å²) >= 11 is 0. The standard InChI is InChI=1S/C11H11N3/c1-8-2-3-10(12)11(14-8)9-4-6-13-7-5-9/h2-7H,12H2,1H3. The van der Waals surface area contributed by atoms with Crippen LogP contribution < -0.4 is 5.73 Å². The maximum absolute atomic E-state index is 5.84. The lowest BCUT2D eigenvalue weighted by molar-refractivity contribution is 1.20. The maximum Gasteiger partial charge on any atom is 0.0935 e. The Morgan fingerprint density at radius 3 is 2.50 bits per heavy atom. The first kappa shape index (κ1) is 8.69. The lowest BCUT2D eigenvalue weighted by atomic mass is 10.1. The van der Waals surface area contributed by atoms with Crippen LogP contribution in [0.15, 0.2) is 36.7 Å². The molecule has 2 aromatic rings. The van der Waals surface area contributed by atoms with Crippen molar-refractivity contribution in [3.63, 3.8) is 0 Å². The fraction of sp³-hybridized carbons (Fsp3) is 0.0909. The second-order valence-electron chi connectivity index (χ2n) is 3.13. The number of aryl methyl sites for hydroxylation is 1. The van der Waals surface area contributed by atoms with Crippen LogP contribution in [0.3, 0.4) is 0 Å². The minimum Gasteiger partial charge on any atom is -0.397 e. The smallest absolute Gasteiger partial charge is 0.0935 e. The molecule has 70 valence electrons. The molecule has 0 aliphatic rings. The SMILES string of the molecule is Cc1ccc(N)c(-c2ccncc2)n1. The van der Waals surface area contributed by atoms with E-state index in [9.17, 15) is 0 Å². The Bertz CT molecular complexity index is 438. The minimum absolute atomic E-state index is 0.696. The summed E-state index contributed by atoms with van der Waals surface area (Å²) in [5.74, 6) is 0. The number of nitrogen functional groups attached to an aromatic ring is 1. The van der Waals surface area contributed by atoms with Crippen molar-refractivity contribution < 1.29 is 0 Å². The fourth-order valence-electron chi connectivity index (χ4n) is 1.31. The molecule has 2 N–H and O–H groups in total. The first-order valence-electron chi connectivity index (χ1n) is 4.41. The summed E-state index contributed by atoms with van der Waals surface area (Å²) < 4.78 is 0. The summed E-state index contributed by atoms with van der Waals surface area (Å²) in [5, 5.41) is 0. The van der Waals surface area contributed by atoms with Crippen molar-refractivity contribution in [1.29, 1.82) is 0 Å². The molecule has 0 amide bonds. The molecule has 0 atom stereocenters. The molecule has 0 saturated heterocycles. The summed E-state index contributed by atoms with van der Waals surface area (Å²) in [7, 11) is 0. The highest BCUT2D eigenvalue weighted by Gasteiger charge is 2.03. The van der Waals surface area contributed by atoms with E-state index in [2.05, 4.69) is 9.97 Å². The zero-order valence-corrected chi connectivity index (χ0v) is 7.94. The van der Waals surface area contributed by atoms with Gasteiger partial charge in [0.2, 0.25) is 0 Å². The molecule has 2 heterocycles. The Labute approximate surface area is 82.6 Å². The van der Waals surface area contributed by atoms with Gasteiger partial charge in [0.25, 0.3) is 0 Å². The number of rotatable bonds is 1. The highest BCUT2D eigenvalue weighted by atomic mass is 14.8. The predicted octanol–water partition coefficient (Wildman–Crippen LogP) is 2.03. The number of nitrogens with zero attached hydrogens (tertiary/aromatic N) is 2. The van der Waals surface area contributed by atoms with Crippen LogP contribution in [0.4, 0.5) is 5.69 Å². The van der Waals surface area contributed by atoms with E-state index >= 15 is 0 Å². The highest BCUT2D eigenvalue weighted by molar-refractivity contribution is 5.71. The molecular weight excluding hydrogens is 174 g/mol. The fourth-order valence-corrected chi connectivity index (χ4v) is 1.31. The third-order valence-corrected chi connectivity index (χ3v) is 2.02. The predicted molar refractivity (Wildman–Crippen MR) is 56.6 cm³/mol. The summed E-state index contributed by atoms with van der Waals surface area (Å²) in [6.07, 6.45) is 3.47. The molecule has 0 aliphatic carbocycles. The third kappa shape index (κ3) is 1.57. The molecule has 0 radical (unpaired) electrons. The van der Waals surface area contributed by atoms with Gasteiger partial charge in [-0.15, -0.1) is 0 Å². The van der Waals surface area contributed by atoms with Gasteiger partial charge in [0, 0.05) is 23.7 Å². The van der Waals surface area contributed by atoms with Crippen LogP contribution >= 0.6 is 0 Å². The molecular formula is C11H11N3. The van der Waals surface area contributed by atoms with Gasteiger partial charge in [-0.2, -0.15) is 0 Å². The number of hydrogen-bond donors (Lipinski definition) is 1. The molecule has 0 fully saturated rings.